The Morgan fingerprint density at radius 2 is 2.08 bits per heavy atom. The monoisotopic (exact) mass is 162 g/mol. The summed E-state index contributed by atoms with van der Waals surface area (Å²) in [5, 5.41) is 0. The molecule has 64 valence electrons. The van der Waals surface area contributed by atoms with Crippen LogP contribution in [0, 0.1) is 0 Å². The van der Waals surface area contributed by atoms with E-state index in [9.17, 15) is 4.79 Å². The minimum Gasteiger partial charge on any atom is -0.294 e. The Morgan fingerprint density at radius 3 is 2.67 bits per heavy atom. The molecule has 0 aliphatic carbocycles. The smallest absolute Gasteiger partial charge is 0.162 e. The van der Waals surface area contributed by atoms with Crippen molar-refractivity contribution < 1.29 is 4.79 Å². The fraction of sp³-hybridized carbons (Fsp3) is 0.364. The van der Waals surface area contributed by atoms with E-state index in [1.807, 2.05) is 31.2 Å². The number of rotatable bonds is 3. The molecule has 0 N–H and O–H groups in total. The van der Waals surface area contributed by atoms with E-state index in [2.05, 4.69) is 6.92 Å². The average molecular weight is 162 g/mol. The van der Waals surface area contributed by atoms with Crippen molar-refractivity contribution >= 4 is 5.78 Å². The molecule has 0 aliphatic heterocycles. The van der Waals surface area contributed by atoms with Gasteiger partial charge in [0, 0.05) is 12.0 Å². The second-order valence-electron chi connectivity index (χ2n) is 2.83. The van der Waals surface area contributed by atoms with Gasteiger partial charge in [0.05, 0.1) is 0 Å². The van der Waals surface area contributed by atoms with Crippen molar-refractivity contribution in [1.82, 2.24) is 0 Å². The highest BCUT2D eigenvalue weighted by Crippen LogP contribution is 2.07. The van der Waals surface area contributed by atoms with Gasteiger partial charge in [-0.15, -0.1) is 0 Å². The quantitative estimate of drug-likeness (QED) is 0.624. The van der Waals surface area contributed by atoms with Crippen molar-refractivity contribution in [2.45, 2.75) is 26.7 Å². The summed E-state index contributed by atoms with van der Waals surface area (Å²) in [6.07, 6.45) is 1.58. The normalized spacial score (nSPS) is 9.83. The number of carbonyl (C=O) groups is 1. The second kappa shape index (κ2) is 4.05. The van der Waals surface area contributed by atoms with E-state index < -0.39 is 0 Å². The molecule has 0 bridgehead atoms. The Balaban J connectivity index is 2.93. The van der Waals surface area contributed by atoms with Gasteiger partial charge in [0.1, 0.15) is 0 Å². The minimum atomic E-state index is 0.227. The molecule has 0 radical (unpaired) electrons. The standard InChI is InChI=1S/C11H14O/c1-3-9-6-5-7-10(8-9)11(12)4-2/h5-8H,3-4H2,1-2H3. The largest absolute Gasteiger partial charge is 0.294 e. The Kier molecular flexibility index (Phi) is 3.03. The van der Waals surface area contributed by atoms with Gasteiger partial charge in [-0.2, -0.15) is 0 Å². The third-order valence-electron chi connectivity index (χ3n) is 1.98. The van der Waals surface area contributed by atoms with Gasteiger partial charge in [0.25, 0.3) is 0 Å². The predicted molar refractivity (Wildman–Crippen MR) is 50.4 cm³/mol. The zero-order valence-electron chi connectivity index (χ0n) is 7.63. The molecule has 0 atom stereocenters. The molecule has 1 heteroatoms. The molecule has 0 amide bonds. The number of ketones is 1. The maximum absolute atomic E-state index is 11.3. The summed E-state index contributed by atoms with van der Waals surface area (Å²) in [7, 11) is 0. The van der Waals surface area contributed by atoms with Crippen molar-refractivity contribution in [1.29, 1.82) is 0 Å². The summed E-state index contributed by atoms with van der Waals surface area (Å²) in [6, 6.07) is 7.85. The van der Waals surface area contributed by atoms with Gasteiger partial charge >= 0.3 is 0 Å². The zero-order valence-corrected chi connectivity index (χ0v) is 7.63. The molecule has 0 saturated heterocycles. The molecule has 0 unspecified atom stereocenters. The van der Waals surface area contributed by atoms with Crippen molar-refractivity contribution in [3.8, 4) is 0 Å². The number of carbonyl (C=O) groups excluding carboxylic acids is 1. The van der Waals surface area contributed by atoms with Crippen LogP contribution in [0.5, 0.6) is 0 Å². The van der Waals surface area contributed by atoms with Gasteiger partial charge in [0.2, 0.25) is 0 Å². The first kappa shape index (κ1) is 8.98. The highest BCUT2D eigenvalue weighted by molar-refractivity contribution is 5.95. The van der Waals surface area contributed by atoms with Crippen LogP contribution in [0.1, 0.15) is 36.2 Å². The number of aryl methyl sites for hydroxylation is 1. The Hall–Kier alpha value is -1.11. The van der Waals surface area contributed by atoms with Crippen LogP contribution in [0.25, 0.3) is 0 Å². The molecule has 1 rings (SSSR count). The predicted octanol–water partition coefficient (Wildman–Crippen LogP) is 2.84. The lowest BCUT2D eigenvalue weighted by atomic mass is 10.0. The van der Waals surface area contributed by atoms with Crippen LogP contribution in [0.4, 0.5) is 0 Å². The molecule has 0 aromatic heterocycles. The second-order valence-corrected chi connectivity index (χ2v) is 2.83. The molecule has 12 heavy (non-hydrogen) atoms. The Bertz CT molecular complexity index is 276. The van der Waals surface area contributed by atoms with E-state index in [-0.39, 0.29) is 5.78 Å². The van der Waals surface area contributed by atoms with Crippen LogP contribution >= 0.6 is 0 Å². The zero-order chi connectivity index (χ0) is 8.97. The molecular weight excluding hydrogens is 148 g/mol. The number of hydrogen-bond donors (Lipinski definition) is 0. The number of benzene rings is 1. The molecule has 0 aliphatic rings. The first-order valence-electron chi connectivity index (χ1n) is 4.40. The third kappa shape index (κ3) is 1.94. The minimum absolute atomic E-state index is 0.227. The van der Waals surface area contributed by atoms with Gasteiger partial charge < -0.3 is 0 Å². The summed E-state index contributed by atoms with van der Waals surface area (Å²) in [5.41, 5.74) is 2.08. The molecule has 1 aromatic carbocycles. The summed E-state index contributed by atoms with van der Waals surface area (Å²) < 4.78 is 0. The molecule has 0 saturated carbocycles. The van der Waals surface area contributed by atoms with Gasteiger partial charge in [0.15, 0.2) is 5.78 Å². The van der Waals surface area contributed by atoms with E-state index in [1.54, 1.807) is 0 Å². The van der Waals surface area contributed by atoms with Gasteiger partial charge in [-0.3, -0.25) is 4.79 Å². The molecule has 0 spiro atoms. The van der Waals surface area contributed by atoms with Crippen LogP contribution in [0.3, 0.4) is 0 Å². The number of Topliss-reactive ketones (excluding diaryl/α,β-unsaturated/α-hetero) is 1. The first-order valence-corrected chi connectivity index (χ1v) is 4.40. The van der Waals surface area contributed by atoms with E-state index in [1.165, 1.54) is 5.56 Å². The molecular formula is C11H14O. The summed E-state index contributed by atoms with van der Waals surface area (Å²) in [6.45, 7) is 3.98. The van der Waals surface area contributed by atoms with E-state index >= 15 is 0 Å². The van der Waals surface area contributed by atoms with Crippen LogP contribution in [-0.4, -0.2) is 5.78 Å². The van der Waals surface area contributed by atoms with Crippen molar-refractivity contribution in [3.05, 3.63) is 35.4 Å². The van der Waals surface area contributed by atoms with E-state index in [4.69, 9.17) is 0 Å². The fourth-order valence-corrected chi connectivity index (χ4v) is 1.17. The van der Waals surface area contributed by atoms with Gasteiger partial charge in [-0.1, -0.05) is 32.0 Å². The molecule has 1 aromatic rings. The molecule has 0 fully saturated rings. The van der Waals surface area contributed by atoms with Crippen molar-refractivity contribution in [2.24, 2.45) is 0 Å². The average Bonchev–Trinajstić information content (AvgIpc) is 2.17. The lowest BCUT2D eigenvalue weighted by Crippen LogP contribution is -1.96. The summed E-state index contributed by atoms with van der Waals surface area (Å²) in [4.78, 5) is 11.3. The van der Waals surface area contributed by atoms with Crippen LogP contribution in [0.2, 0.25) is 0 Å². The van der Waals surface area contributed by atoms with Crippen LogP contribution < -0.4 is 0 Å². The van der Waals surface area contributed by atoms with Gasteiger partial charge in [-0.25, -0.2) is 0 Å². The van der Waals surface area contributed by atoms with E-state index in [0.717, 1.165) is 12.0 Å². The van der Waals surface area contributed by atoms with Crippen LogP contribution in [-0.2, 0) is 6.42 Å². The maximum Gasteiger partial charge on any atom is 0.162 e. The van der Waals surface area contributed by atoms with Crippen LogP contribution in [0.15, 0.2) is 24.3 Å². The Morgan fingerprint density at radius 1 is 1.33 bits per heavy atom. The highest BCUT2D eigenvalue weighted by Gasteiger charge is 2.01. The fourth-order valence-electron chi connectivity index (χ4n) is 1.17. The topological polar surface area (TPSA) is 17.1 Å². The van der Waals surface area contributed by atoms with Crippen molar-refractivity contribution in [3.63, 3.8) is 0 Å². The maximum atomic E-state index is 11.3. The SMILES string of the molecule is CCC(=O)c1cccc(CC)c1. The van der Waals surface area contributed by atoms with Crippen molar-refractivity contribution in [2.75, 3.05) is 0 Å². The molecule has 1 nitrogen and oxygen atoms in total. The molecule has 0 heterocycles. The summed E-state index contributed by atoms with van der Waals surface area (Å²) in [5.74, 6) is 0.227. The lowest BCUT2D eigenvalue weighted by Gasteiger charge is -2.00. The lowest BCUT2D eigenvalue weighted by molar-refractivity contribution is 0.0988. The van der Waals surface area contributed by atoms with Gasteiger partial charge in [-0.05, 0) is 18.1 Å². The Labute approximate surface area is 73.4 Å². The summed E-state index contributed by atoms with van der Waals surface area (Å²) >= 11 is 0. The third-order valence-corrected chi connectivity index (χ3v) is 1.98. The number of hydrogen-bond acceptors (Lipinski definition) is 1. The van der Waals surface area contributed by atoms with E-state index in [0.29, 0.717) is 6.42 Å². The first-order chi connectivity index (χ1) is 5.77. The highest BCUT2D eigenvalue weighted by atomic mass is 16.1.